The minimum Gasteiger partial charge on any atom is -0.852 e. The van der Waals surface area contributed by atoms with Gasteiger partial charge in [0.1, 0.15) is 0 Å². The van der Waals surface area contributed by atoms with Gasteiger partial charge >= 0.3 is 0 Å². The van der Waals surface area contributed by atoms with E-state index in [-0.39, 0.29) is 23.9 Å². The molecule has 0 aromatic heterocycles. The zero-order valence-electron chi connectivity index (χ0n) is 12.9. The molecule has 0 N–H and O–H groups in total. The third-order valence-electron chi connectivity index (χ3n) is 0.500. The fourth-order valence-electron chi connectivity index (χ4n) is 0. The van der Waals surface area contributed by atoms with Crippen LogP contribution in [0.1, 0.15) is 68.2 Å². The SMILES string of the molecule is CC(C)[O-].CC(C)[O-].CC(C)[O-].CCCC.[Sn]. The smallest absolute Gasteiger partial charge is 0 e. The Hall–Kier alpha value is 0.679. The molecule has 4 radical (unpaired) electrons. The average Bonchev–Trinajstić information content (AvgIpc) is 2.00. The van der Waals surface area contributed by atoms with Crippen molar-refractivity contribution < 1.29 is 15.3 Å². The van der Waals surface area contributed by atoms with Gasteiger partial charge in [-0.3, -0.25) is 0 Å². The Labute approximate surface area is 126 Å². The van der Waals surface area contributed by atoms with E-state index in [1.807, 2.05) is 0 Å². The molecular formula is C13H31O3Sn-3. The summed E-state index contributed by atoms with van der Waals surface area (Å²) < 4.78 is 0. The topological polar surface area (TPSA) is 69.2 Å². The van der Waals surface area contributed by atoms with Crippen molar-refractivity contribution in [2.45, 2.75) is 86.5 Å². The summed E-state index contributed by atoms with van der Waals surface area (Å²) in [6, 6.07) is 0. The van der Waals surface area contributed by atoms with E-state index in [0.29, 0.717) is 0 Å². The van der Waals surface area contributed by atoms with E-state index in [2.05, 4.69) is 13.8 Å². The maximum absolute atomic E-state index is 9.53. The van der Waals surface area contributed by atoms with Crippen LogP contribution < -0.4 is 15.3 Å². The van der Waals surface area contributed by atoms with Gasteiger partial charge in [0, 0.05) is 23.9 Å². The van der Waals surface area contributed by atoms with E-state index in [4.69, 9.17) is 0 Å². The van der Waals surface area contributed by atoms with Gasteiger partial charge in [0.15, 0.2) is 0 Å². The molecule has 108 valence electrons. The van der Waals surface area contributed by atoms with Crippen LogP contribution in [0.25, 0.3) is 0 Å². The Morgan fingerprint density at radius 1 is 0.588 bits per heavy atom. The monoisotopic (exact) mass is 355 g/mol. The normalized spacial score (nSPS) is 8.12. The molecule has 0 saturated heterocycles. The van der Waals surface area contributed by atoms with E-state index < -0.39 is 18.3 Å². The molecule has 0 fully saturated rings. The molecule has 0 aromatic rings. The molecular weight excluding hydrogens is 323 g/mol. The molecule has 0 rings (SSSR count). The molecule has 0 aliphatic carbocycles. The number of hydrogen-bond acceptors (Lipinski definition) is 3. The Bertz CT molecular complexity index is 62.2. The van der Waals surface area contributed by atoms with E-state index in [9.17, 15) is 15.3 Å². The fraction of sp³-hybridized carbons (Fsp3) is 1.00. The summed E-state index contributed by atoms with van der Waals surface area (Å²) in [6.07, 6.45) is 1.39. The predicted molar refractivity (Wildman–Crippen MR) is 71.7 cm³/mol. The van der Waals surface area contributed by atoms with Gasteiger partial charge in [-0.2, -0.15) is 0 Å². The first kappa shape index (κ1) is 30.6. The summed E-state index contributed by atoms with van der Waals surface area (Å²) in [5.41, 5.74) is 0. The third-order valence-corrected chi connectivity index (χ3v) is 0.500. The maximum atomic E-state index is 9.53. The van der Waals surface area contributed by atoms with Crippen molar-refractivity contribution in [2.24, 2.45) is 0 Å². The van der Waals surface area contributed by atoms with Gasteiger partial charge in [-0.05, 0) is 0 Å². The fourth-order valence-corrected chi connectivity index (χ4v) is 0. The minimum absolute atomic E-state index is 0. The van der Waals surface area contributed by atoms with Gasteiger partial charge in [0.2, 0.25) is 0 Å². The minimum atomic E-state index is -0.417. The zero-order valence-corrected chi connectivity index (χ0v) is 15.7. The van der Waals surface area contributed by atoms with Gasteiger partial charge < -0.3 is 15.3 Å². The molecule has 0 saturated carbocycles. The largest absolute Gasteiger partial charge is 0.852 e. The molecule has 0 amide bonds. The van der Waals surface area contributed by atoms with Gasteiger partial charge in [-0.1, -0.05) is 68.2 Å². The van der Waals surface area contributed by atoms with Crippen molar-refractivity contribution in [3.05, 3.63) is 0 Å². The molecule has 0 aromatic carbocycles. The van der Waals surface area contributed by atoms with Gasteiger partial charge in [0.25, 0.3) is 0 Å². The van der Waals surface area contributed by atoms with Gasteiger partial charge in [0.05, 0.1) is 0 Å². The molecule has 0 bridgehead atoms. The van der Waals surface area contributed by atoms with Crippen LogP contribution >= 0.6 is 0 Å². The number of hydrogen-bond donors (Lipinski definition) is 0. The first-order chi connectivity index (χ1) is 7.11. The summed E-state index contributed by atoms with van der Waals surface area (Å²) in [7, 11) is 0. The molecule has 3 nitrogen and oxygen atoms in total. The van der Waals surface area contributed by atoms with Crippen LogP contribution in [0.5, 0.6) is 0 Å². The van der Waals surface area contributed by atoms with E-state index in [1.54, 1.807) is 41.5 Å². The average molecular weight is 354 g/mol. The quantitative estimate of drug-likeness (QED) is 0.651. The summed E-state index contributed by atoms with van der Waals surface area (Å²) in [6.45, 7) is 14.0. The van der Waals surface area contributed by atoms with Crippen molar-refractivity contribution in [3.8, 4) is 0 Å². The van der Waals surface area contributed by atoms with Crippen molar-refractivity contribution in [3.63, 3.8) is 0 Å². The second-order valence-electron chi connectivity index (χ2n) is 4.15. The first-order valence-electron chi connectivity index (χ1n) is 6.09. The summed E-state index contributed by atoms with van der Waals surface area (Å²) in [5.74, 6) is 0. The maximum Gasteiger partial charge on any atom is 0 e. The molecule has 17 heavy (non-hydrogen) atoms. The van der Waals surface area contributed by atoms with Crippen molar-refractivity contribution in [2.75, 3.05) is 0 Å². The predicted octanol–water partition coefficient (Wildman–Crippen LogP) is 0.691. The van der Waals surface area contributed by atoms with Gasteiger partial charge in [-0.15, -0.1) is 18.3 Å². The second kappa shape index (κ2) is 30.1. The zero-order chi connectivity index (χ0) is 14.1. The van der Waals surface area contributed by atoms with Crippen molar-refractivity contribution >= 4 is 23.9 Å². The standard InChI is InChI=1S/C4H10.3C3H7O.Sn/c1-3-4-2;3*1-3(2)4;/h3-4H2,1-2H3;3*3H,1-2H3;/q;3*-1;. The van der Waals surface area contributed by atoms with E-state index >= 15 is 0 Å². The van der Waals surface area contributed by atoms with Crippen LogP contribution in [0, 0.1) is 0 Å². The van der Waals surface area contributed by atoms with Crippen LogP contribution in [0.4, 0.5) is 0 Å². The van der Waals surface area contributed by atoms with Crippen molar-refractivity contribution in [1.82, 2.24) is 0 Å². The molecule has 0 aliphatic heterocycles. The van der Waals surface area contributed by atoms with Crippen LogP contribution in [0.15, 0.2) is 0 Å². The third kappa shape index (κ3) is 1280. The van der Waals surface area contributed by atoms with Crippen LogP contribution in [-0.2, 0) is 0 Å². The van der Waals surface area contributed by atoms with Crippen LogP contribution in [0.3, 0.4) is 0 Å². The second-order valence-corrected chi connectivity index (χ2v) is 4.15. The molecule has 0 heterocycles. The summed E-state index contributed by atoms with van der Waals surface area (Å²) in [4.78, 5) is 0. The van der Waals surface area contributed by atoms with Crippen LogP contribution in [-0.4, -0.2) is 42.2 Å². The van der Waals surface area contributed by atoms with Crippen molar-refractivity contribution in [1.29, 1.82) is 0 Å². The molecule has 0 spiro atoms. The molecule has 0 atom stereocenters. The summed E-state index contributed by atoms with van der Waals surface area (Å²) >= 11 is 0. The van der Waals surface area contributed by atoms with E-state index in [0.717, 1.165) is 0 Å². The Morgan fingerprint density at radius 2 is 0.647 bits per heavy atom. The first-order valence-corrected chi connectivity index (χ1v) is 6.09. The Kier molecular flexibility index (Phi) is 54.1. The molecule has 0 aliphatic rings. The molecule has 0 unspecified atom stereocenters. The molecule has 4 heteroatoms. The number of rotatable bonds is 1. The number of unbranched alkanes of at least 4 members (excludes halogenated alkanes) is 1. The Balaban J connectivity index is -0.0000000369. The van der Waals surface area contributed by atoms with Crippen LogP contribution in [0.2, 0.25) is 0 Å². The van der Waals surface area contributed by atoms with E-state index in [1.165, 1.54) is 12.8 Å². The Morgan fingerprint density at radius 3 is 0.647 bits per heavy atom. The summed E-state index contributed by atoms with van der Waals surface area (Å²) in [5, 5.41) is 28.6. The van der Waals surface area contributed by atoms with Gasteiger partial charge in [-0.25, -0.2) is 0 Å².